The van der Waals surface area contributed by atoms with E-state index in [1.807, 2.05) is 54.6 Å². The SMILES string of the molecule is COc1ccc2c(c1)N=C/C2=C\c1sc(=S)n(Nc2ccccc2)c1O. The molecule has 0 bridgehead atoms. The summed E-state index contributed by atoms with van der Waals surface area (Å²) in [6.07, 6.45) is 3.67. The minimum absolute atomic E-state index is 0.0757. The second-order valence-corrected chi connectivity index (χ2v) is 7.29. The minimum Gasteiger partial charge on any atom is -0.497 e. The van der Waals surface area contributed by atoms with Crippen LogP contribution < -0.4 is 10.2 Å². The van der Waals surface area contributed by atoms with E-state index in [-0.39, 0.29) is 5.88 Å². The molecule has 5 nitrogen and oxygen atoms in total. The summed E-state index contributed by atoms with van der Waals surface area (Å²) in [5.74, 6) is 0.839. The van der Waals surface area contributed by atoms with Crippen LogP contribution in [0.25, 0.3) is 11.6 Å². The summed E-state index contributed by atoms with van der Waals surface area (Å²) in [6.45, 7) is 0. The summed E-state index contributed by atoms with van der Waals surface area (Å²) in [4.78, 5) is 5.08. The van der Waals surface area contributed by atoms with E-state index in [0.717, 1.165) is 28.3 Å². The Morgan fingerprint density at radius 2 is 2.04 bits per heavy atom. The predicted molar refractivity (Wildman–Crippen MR) is 109 cm³/mol. The van der Waals surface area contributed by atoms with Crippen molar-refractivity contribution in [3.8, 4) is 11.6 Å². The molecule has 0 unspecified atom stereocenters. The van der Waals surface area contributed by atoms with Gasteiger partial charge < -0.3 is 9.84 Å². The van der Waals surface area contributed by atoms with Gasteiger partial charge >= 0.3 is 0 Å². The zero-order valence-electron chi connectivity index (χ0n) is 13.8. The highest BCUT2D eigenvalue weighted by Gasteiger charge is 2.16. The van der Waals surface area contributed by atoms with Gasteiger partial charge in [0.05, 0.1) is 23.4 Å². The normalized spacial score (nSPS) is 13.8. The van der Waals surface area contributed by atoms with Crippen molar-refractivity contribution in [2.75, 3.05) is 12.5 Å². The quantitative estimate of drug-likeness (QED) is 0.616. The minimum atomic E-state index is 0.0757. The van der Waals surface area contributed by atoms with E-state index >= 15 is 0 Å². The van der Waals surface area contributed by atoms with Gasteiger partial charge in [0.2, 0.25) is 5.88 Å². The number of aromatic hydroxyl groups is 1. The third-order valence-electron chi connectivity index (χ3n) is 3.97. The number of thiazole rings is 1. The molecule has 2 aromatic carbocycles. The summed E-state index contributed by atoms with van der Waals surface area (Å²) in [5.41, 5.74) is 6.71. The molecule has 7 heteroatoms. The average Bonchev–Trinajstić information content (AvgIpc) is 3.18. The number of hydrogen-bond acceptors (Lipinski definition) is 6. The van der Waals surface area contributed by atoms with Crippen LogP contribution >= 0.6 is 23.6 Å². The van der Waals surface area contributed by atoms with Crippen molar-refractivity contribution >= 4 is 52.8 Å². The predicted octanol–water partition coefficient (Wildman–Crippen LogP) is 5.12. The molecule has 1 aliphatic heterocycles. The number of para-hydroxylation sites is 1. The smallest absolute Gasteiger partial charge is 0.230 e. The number of rotatable bonds is 4. The molecular weight excluding hydrogens is 366 g/mol. The van der Waals surface area contributed by atoms with Crippen LogP contribution in [-0.2, 0) is 0 Å². The second kappa shape index (κ2) is 6.78. The summed E-state index contributed by atoms with van der Waals surface area (Å²) >= 11 is 6.72. The lowest BCUT2D eigenvalue weighted by Crippen LogP contribution is -2.07. The molecule has 1 aromatic heterocycles. The first-order chi connectivity index (χ1) is 12.7. The van der Waals surface area contributed by atoms with E-state index in [2.05, 4.69) is 10.4 Å². The van der Waals surface area contributed by atoms with Gasteiger partial charge in [-0.25, -0.2) is 4.68 Å². The van der Waals surface area contributed by atoms with Crippen LogP contribution in [0.4, 0.5) is 11.4 Å². The summed E-state index contributed by atoms with van der Waals surface area (Å²) in [5, 5.41) is 10.6. The molecule has 0 saturated carbocycles. The molecule has 0 atom stereocenters. The number of nitrogens with one attached hydrogen (secondary N) is 1. The fourth-order valence-corrected chi connectivity index (χ4v) is 3.85. The maximum Gasteiger partial charge on any atom is 0.230 e. The lowest BCUT2D eigenvalue weighted by Gasteiger charge is -2.08. The number of hydrogen-bond donors (Lipinski definition) is 2. The van der Waals surface area contributed by atoms with Gasteiger partial charge in [-0.2, -0.15) is 0 Å². The van der Waals surface area contributed by atoms with Crippen LogP contribution in [0.15, 0.2) is 53.5 Å². The van der Waals surface area contributed by atoms with Crippen molar-refractivity contribution in [2.24, 2.45) is 4.99 Å². The Morgan fingerprint density at radius 1 is 1.23 bits per heavy atom. The van der Waals surface area contributed by atoms with E-state index in [1.54, 1.807) is 13.3 Å². The van der Waals surface area contributed by atoms with E-state index in [0.29, 0.717) is 8.83 Å². The molecule has 0 fully saturated rings. The summed E-state index contributed by atoms with van der Waals surface area (Å²) in [7, 11) is 1.63. The van der Waals surface area contributed by atoms with Gasteiger partial charge in [0.15, 0.2) is 3.95 Å². The lowest BCUT2D eigenvalue weighted by atomic mass is 10.1. The zero-order chi connectivity index (χ0) is 18.1. The van der Waals surface area contributed by atoms with Gasteiger partial charge in [-0.3, -0.25) is 10.4 Å². The monoisotopic (exact) mass is 381 g/mol. The van der Waals surface area contributed by atoms with Crippen molar-refractivity contribution in [3.63, 3.8) is 0 Å². The molecule has 0 spiro atoms. The molecule has 1 aliphatic rings. The van der Waals surface area contributed by atoms with Crippen LogP contribution in [0.5, 0.6) is 11.6 Å². The van der Waals surface area contributed by atoms with Crippen molar-refractivity contribution in [1.82, 2.24) is 4.68 Å². The van der Waals surface area contributed by atoms with E-state index in [1.165, 1.54) is 16.0 Å². The number of fused-ring (bicyclic) bond motifs is 1. The van der Waals surface area contributed by atoms with Gasteiger partial charge in [0, 0.05) is 23.4 Å². The van der Waals surface area contributed by atoms with Gasteiger partial charge in [-0.1, -0.05) is 29.5 Å². The number of ether oxygens (including phenoxy) is 1. The van der Waals surface area contributed by atoms with Crippen LogP contribution in [0.1, 0.15) is 10.4 Å². The standard InChI is InChI=1S/C19H15N3O2S2/c1-24-14-7-8-15-12(11-20-16(15)10-14)9-17-18(23)22(19(25)26-17)21-13-5-3-2-4-6-13/h2-11,21,23H,1H3/b12-9+. The largest absolute Gasteiger partial charge is 0.497 e. The number of nitrogens with zero attached hydrogens (tertiary/aromatic N) is 2. The first-order valence-corrected chi connectivity index (χ1v) is 9.09. The Hall–Kier alpha value is -2.90. The Bertz CT molecular complexity index is 1080. The average molecular weight is 381 g/mol. The number of methoxy groups -OCH3 is 1. The molecule has 4 rings (SSSR count). The van der Waals surface area contributed by atoms with Gasteiger partial charge in [-0.05, 0) is 42.6 Å². The van der Waals surface area contributed by atoms with Gasteiger partial charge in [0.1, 0.15) is 5.75 Å². The number of aliphatic imine (C=N–C) groups is 1. The molecule has 26 heavy (non-hydrogen) atoms. The van der Waals surface area contributed by atoms with E-state index in [4.69, 9.17) is 17.0 Å². The molecule has 0 saturated heterocycles. The maximum atomic E-state index is 10.6. The first kappa shape index (κ1) is 16.6. The Kier molecular flexibility index (Phi) is 4.32. The number of allylic oxidation sites excluding steroid dienone is 1. The van der Waals surface area contributed by atoms with E-state index in [9.17, 15) is 5.11 Å². The first-order valence-electron chi connectivity index (χ1n) is 7.87. The van der Waals surface area contributed by atoms with Gasteiger partial charge in [0.25, 0.3) is 0 Å². The van der Waals surface area contributed by atoms with Crippen LogP contribution in [0, 0.1) is 3.95 Å². The van der Waals surface area contributed by atoms with Crippen molar-refractivity contribution in [1.29, 1.82) is 0 Å². The van der Waals surface area contributed by atoms with Crippen LogP contribution in [-0.4, -0.2) is 23.1 Å². The molecule has 0 aliphatic carbocycles. The second-order valence-electron chi connectivity index (χ2n) is 5.61. The highest BCUT2D eigenvalue weighted by Crippen LogP contribution is 2.37. The summed E-state index contributed by atoms with van der Waals surface area (Å²) < 4.78 is 7.26. The van der Waals surface area contributed by atoms with E-state index < -0.39 is 0 Å². The zero-order valence-corrected chi connectivity index (χ0v) is 15.5. The molecule has 2 N–H and O–H groups in total. The third kappa shape index (κ3) is 3.02. The molecular formula is C19H15N3O2S2. The third-order valence-corrected chi connectivity index (χ3v) is 5.28. The summed E-state index contributed by atoms with van der Waals surface area (Å²) in [6, 6.07) is 15.3. The van der Waals surface area contributed by atoms with Crippen LogP contribution in [0.3, 0.4) is 0 Å². The molecule has 0 amide bonds. The molecule has 3 aromatic rings. The lowest BCUT2D eigenvalue weighted by molar-refractivity contribution is 0.415. The Balaban J connectivity index is 1.69. The number of aromatic nitrogens is 1. The number of anilines is 1. The van der Waals surface area contributed by atoms with Gasteiger partial charge in [-0.15, -0.1) is 0 Å². The number of benzene rings is 2. The molecule has 2 heterocycles. The van der Waals surface area contributed by atoms with Crippen molar-refractivity contribution < 1.29 is 9.84 Å². The van der Waals surface area contributed by atoms with Crippen LogP contribution in [0.2, 0.25) is 0 Å². The highest BCUT2D eigenvalue weighted by molar-refractivity contribution is 7.73. The highest BCUT2D eigenvalue weighted by atomic mass is 32.1. The van der Waals surface area contributed by atoms with Crippen molar-refractivity contribution in [3.05, 3.63) is 62.9 Å². The fourth-order valence-electron chi connectivity index (χ4n) is 2.67. The van der Waals surface area contributed by atoms with Crippen molar-refractivity contribution in [2.45, 2.75) is 0 Å². The fraction of sp³-hybridized carbons (Fsp3) is 0.0526. The molecule has 0 radical (unpaired) electrons. The maximum absolute atomic E-state index is 10.6. The Morgan fingerprint density at radius 3 is 2.81 bits per heavy atom. The topological polar surface area (TPSA) is 58.8 Å². The molecule has 130 valence electrons. The Labute approximate surface area is 159 Å².